The van der Waals surface area contributed by atoms with Crippen molar-refractivity contribution in [3.63, 3.8) is 0 Å². The summed E-state index contributed by atoms with van der Waals surface area (Å²) in [7, 11) is 6.35. The molecule has 0 saturated heterocycles. The lowest BCUT2D eigenvalue weighted by atomic mass is 10.2. The summed E-state index contributed by atoms with van der Waals surface area (Å²) in [6.45, 7) is 1.13. The number of rotatable bonds is 4. The fraction of sp³-hybridized carbons (Fsp3) is 0.429. The van der Waals surface area contributed by atoms with Crippen molar-refractivity contribution in [1.82, 2.24) is 9.47 Å². The van der Waals surface area contributed by atoms with E-state index in [0.717, 1.165) is 18.0 Å². The lowest BCUT2D eigenvalue weighted by Crippen LogP contribution is -2.14. The predicted molar refractivity (Wildman–Crippen MR) is 74.8 cm³/mol. The molecule has 2 aromatic rings. The van der Waals surface area contributed by atoms with E-state index >= 15 is 0 Å². The second-order valence-electron chi connectivity index (χ2n) is 4.80. The van der Waals surface area contributed by atoms with Crippen LogP contribution in [0.5, 0.6) is 0 Å². The number of hydrogen-bond donors (Lipinski definition) is 0. The Balaban J connectivity index is 2.20. The largest absolute Gasteiger partial charge is 0.348 e. The molecular weight excluding hydrogens is 232 g/mol. The first-order valence-electron chi connectivity index (χ1n) is 5.96. The van der Waals surface area contributed by atoms with Crippen molar-refractivity contribution in [2.24, 2.45) is 7.05 Å². The van der Waals surface area contributed by atoms with Gasteiger partial charge in [-0.05, 0) is 57.7 Å². The maximum Gasteiger partial charge on any atom is 0.0480 e. The molecule has 0 bridgehead atoms. The van der Waals surface area contributed by atoms with Crippen molar-refractivity contribution in [3.8, 4) is 0 Å². The Morgan fingerprint density at radius 1 is 1.24 bits per heavy atom. The van der Waals surface area contributed by atoms with Gasteiger partial charge in [0.1, 0.15) is 0 Å². The molecular formula is C14H19ClN2. The Bertz CT molecular complexity index is 514. The van der Waals surface area contributed by atoms with Gasteiger partial charge in [0.05, 0.1) is 0 Å². The third kappa shape index (κ3) is 2.82. The van der Waals surface area contributed by atoms with Gasteiger partial charge in [-0.2, -0.15) is 0 Å². The first kappa shape index (κ1) is 12.5. The van der Waals surface area contributed by atoms with Gasteiger partial charge in [0.25, 0.3) is 0 Å². The summed E-state index contributed by atoms with van der Waals surface area (Å²) in [5.41, 5.74) is 2.64. The van der Waals surface area contributed by atoms with Crippen LogP contribution in [-0.2, 0) is 13.5 Å². The minimum Gasteiger partial charge on any atom is -0.348 e. The number of hydrogen-bond acceptors (Lipinski definition) is 1. The maximum absolute atomic E-state index is 6.01. The van der Waals surface area contributed by atoms with Crippen molar-refractivity contribution in [1.29, 1.82) is 0 Å². The number of benzene rings is 1. The van der Waals surface area contributed by atoms with Gasteiger partial charge in [-0.15, -0.1) is 0 Å². The van der Waals surface area contributed by atoms with Gasteiger partial charge in [0.2, 0.25) is 0 Å². The molecule has 0 spiro atoms. The Labute approximate surface area is 108 Å². The third-order valence-electron chi connectivity index (χ3n) is 3.14. The highest BCUT2D eigenvalue weighted by atomic mass is 35.5. The molecule has 0 fully saturated rings. The highest BCUT2D eigenvalue weighted by molar-refractivity contribution is 6.31. The van der Waals surface area contributed by atoms with E-state index in [1.165, 1.54) is 23.0 Å². The van der Waals surface area contributed by atoms with Crippen LogP contribution in [0.25, 0.3) is 10.9 Å². The summed E-state index contributed by atoms with van der Waals surface area (Å²) in [5, 5.41) is 2.04. The van der Waals surface area contributed by atoms with E-state index in [9.17, 15) is 0 Å². The van der Waals surface area contributed by atoms with E-state index in [1.54, 1.807) is 0 Å². The van der Waals surface area contributed by atoms with Crippen LogP contribution in [0.15, 0.2) is 24.3 Å². The molecule has 92 valence electrons. The summed E-state index contributed by atoms with van der Waals surface area (Å²) >= 11 is 6.01. The van der Waals surface area contributed by atoms with Crippen molar-refractivity contribution >= 4 is 22.5 Å². The van der Waals surface area contributed by atoms with Crippen molar-refractivity contribution in [3.05, 3.63) is 35.0 Å². The number of nitrogens with zero attached hydrogens (tertiary/aromatic N) is 2. The van der Waals surface area contributed by atoms with Crippen LogP contribution < -0.4 is 0 Å². The molecule has 1 aromatic heterocycles. The van der Waals surface area contributed by atoms with Gasteiger partial charge in [0.15, 0.2) is 0 Å². The quantitative estimate of drug-likeness (QED) is 0.808. The molecule has 0 radical (unpaired) electrons. The lowest BCUT2D eigenvalue weighted by Gasteiger charge is -2.09. The van der Waals surface area contributed by atoms with E-state index in [0.29, 0.717) is 0 Å². The molecule has 1 heterocycles. The Kier molecular flexibility index (Phi) is 3.75. The lowest BCUT2D eigenvalue weighted by molar-refractivity contribution is 0.399. The molecule has 2 nitrogen and oxygen atoms in total. The average molecular weight is 251 g/mol. The molecule has 0 aliphatic heterocycles. The third-order valence-corrected chi connectivity index (χ3v) is 3.38. The van der Waals surface area contributed by atoms with E-state index in [-0.39, 0.29) is 0 Å². The van der Waals surface area contributed by atoms with Crippen LogP contribution in [0.1, 0.15) is 12.1 Å². The van der Waals surface area contributed by atoms with E-state index < -0.39 is 0 Å². The Morgan fingerprint density at radius 2 is 2.00 bits per heavy atom. The predicted octanol–water partition coefficient (Wildman–Crippen LogP) is 3.33. The summed E-state index contributed by atoms with van der Waals surface area (Å²) in [5.74, 6) is 0. The molecule has 17 heavy (non-hydrogen) atoms. The van der Waals surface area contributed by atoms with Gasteiger partial charge >= 0.3 is 0 Å². The topological polar surface area (TPSA) is 8.17 Å². The molecule has 2 rings (SSSR count). The van der Waals surface area contributed by atoms with Crippen LogP contribution in [-0.4, -0.2) is 30.1 Å². The zero-order valence-corrected chi connectivity index (χ0v) is 11.5. The molecule has 0 atom stereocenters. The number of aromatic nitrogens is 1. The fourth-order valence-electron chi connectivity index (χ4n) is 2.19. The highest BCUT2D eigenvalue weighted by Crippen LogP contribution is 2.23. The highest BCUT2D eigenvalue weighted by Gasteiger charge is 2.06. The fourth-order valence-corrected chi connectivity index (χ4v) is 2.37. The van der Waals surface area contributed by atoms with Gasteiger partial charge in [-0.1, -0.05) is 11.6 Å². The van der Waals surface area contributed by atoms with Crippen LogP contribution in [0.4, 0.5) is 0 Å². The first-order chi connectivity index (χ1) is 8.08. The summed E-state index contributed by atoms with van der Waals surface area (Å²) in [6.07, 6.45) is 2.30. The van der Waals surface area contributed by atoms with Crippen LogP contribution >= 0.6 is 11.6 Å². The molecule has 0 unspecified atom stereocenters. The van der Waals surface area contributed by atoms with Crippen molar-refractivity contribution in [2.75, 3.05) is 20.6 Å². The SMILES string of the molecule is CN(C)CCCc1cc2cc(Cl)ccc2n1C. The monoisotopic (exact) mass is 250 g/mol. The number of fused-ring (bicyclic) bond motifs is 1. The number of aryl methyl sites for hydroxylation is 2. The standard InChI is InChI=1S/C14H19ClN2/c1-16(2)8-4-5-13-10-11-9-12(15)6-7-14(11)17(13)3/h6-7,9-10H,4-5,8H2,1-3H3. The smallest absolute Gasteiger partial charge is 0.0480 e. The Hall–Kier alpha value is -0.990. The molecule has 0 saturated carbocycles. The first-order valence-corrected chi connectivity index (χ1v) is 6.34. The molecule has 0 N–H and O–H groups in total. The molecule has 1 aromatic carbocycles. The second-order valence-corrected chi connectivity index (χ2v) is 5.24. The van der Waals surface area contributed by atoms with E-state index in [4.69, 9.17) is 11.6 Å². The Morgan fingerprint density at radius 3 is 2.71 bits per heavy atom. The molecule has 3 heteroatoms. The van der Waals surface area contributed by atoms with E-state index in [2.05, 4.69) is 42.7 Å². The minimum atomic E-state index is 0.808. The molecule has 0 amide bonds. The molecule has 0 aliphatic carbocycles. The number of halogens is 1. The zero-order valence-electron chi connectivity index (χ0n) is 10.7. The minimum absolute atomic E-state index is 0.808. The van der Waals surface area contributed by atoms with Crippen LogP contribution in [0.3, 0.4) is 0 Å². The van der Waals surface area contributed by atoms with Gasteiger partial charge in [-0.25, -0.2) is 0 Å². The van der Waals surface area contributed by atoms with Gasteiger partial charge in [-0.3, -0.25) is 0 Å². The van der Waals surface area contributed by atoms with Gasteiger partial charge in [0, 0.05) is 28.7 Å². The normalized spacial score (nSPS) is 11.6. The summed E-state index contributed by atoms with van der Waals surface area (Å²) < 4.78 is 2.27. The molecule has 0 aliphatic rings. The second kappa shape index (κ2) is 5.11. The van der Waals surface area contributed by atoms with Crippen molar-refractivity contribution in [2.45, 2.75) is 12.8 Å². The van der Waals surface area contributed by atoms with Crippen LogP contribution in [0, 0.1) is 0 Å². The van der Waals surface area contributed by atoms with Crippen molar-refractivity contribution < 1.29 is 0 Å². The summed E-state index contributed by atoms with van der Waals surface area (Å²) in [6, 6.07) is 8.32. The van der Waals surface area contributed by atoms with Crippen LogP contribution in [0.2, 0.25) is 5.02 Å². The summed E-state index contributed by atoms with van der Waals surface area (Å²) in [4.78, 5) is 2.22. The maximum atomic E-state index is 6.01. The average Bonchev–Trinajstić information content (AvgIpc) is 2.55. The van der Waals surface area contributed by atoms with Gasteiger partial charge < -0.3 is 9.47 Å². The zero-order chi connectivity index (χ0) is 12.4. The van der Waals surface area contributed by atoms with E-state index in [1.807, 2.05) is 12.1 Å².